The van der Waals surface area contributed by atoms with Crippen molar-refractivity contribution in [2.24, 2.45) is 12.0 Å². The third-order valence-electron chi connectivity index (χ3n) is 4.65. The molecule has 0 bridgehead atoms. The van der Waals surface area contributed by atoms with Gasteiger partial charge in [0.2, 0.25) is 0 Å². The molecule has 2 aromatic heterocycles. The number of methoxy groups -OCH3 is 1. The minimum Gasteiger partial charge on any atom is -0.497 e. The van der Waals surface area contributed by atoms with Crippen molar-refractivity contribution >= 4 is 5.96 Å². The van der Waals surface area contributed by atoms with Gasteiger partial charge in [-0.3, -0.25) is 4.68 Å². The van der Waals surface area contributed by atoms with Crippen LogP contribution in [0.4, 0.5) is 0 Å². The number of aliphatic imine (C=N–C) groups is 1. The Kier molecular flexibility index (Phi) is 6.73. The second-order valence-electron chi connectivity index (χ2n) is 7.17. The third-order valence-corrected chi connectivity index (χ3v) is 4.65. The van der Waals surface area contributed by atoms with E-state index in [1.807, 2.05) is 50.5 Å². The van der Waals surface area contributed by atoms with Crippen LogP contribution in [-0.2, 0) is 19.2 Å². The van der Waals surface area contributed by atoms with E-state index >= 15 is 0 Å². The summed E-state index contributed by atoms with van der Waals surface area (Å²) < 4.78 is 8.66. The molecule has 160 valence electrons. The summed E-state index contributed by atoms with van der Waals surface area (Å²) in [4.78, 5) is 4.59. The lowest BCUT2D eigenvalue weighted by Crippen LogP contribution is -2.44. The van der Waals surface area contributed by atoms with Crippen molar-refractivity contribution in [3.05, 3.63) is 60.2 Å². The fraction of sp³-hybridized carbons (Fsp3) is 0.381. The van der Waals surface area contributed by atoms with Crippen molar-refractivity contribution in [2.75, 3.05) is 20.2 Å². The monoisotopic (exact) mass is 411 g/mol. The molecule has 9 heteroatoms. The first-order valence-corrected chi connectivity index (χ1v) is 9.84. The van der Waals surface area contributed by atoms with Gasteiger partial charge in [0.15, 0.2) is 5.96 Å². The summed E-state index contributed by atoms with van der Waals surface area (Å²) in [6.07, 6.45) is 5.37. The Morgan fingerprint density at radius 1 is 1.23 bits per heavy atom. The molecule has 9 nitrogen and oxygen atoms in total. The topological polar surface area (TPSA) is 102 Å². The average Bonchev–Trinajstić information content (AvgIpc) is 3.40. The first kappa shape index (κ1) is 21.4. The summed E-state index contributed by atoms with van der Waals surface area (Å²) in [6.45, 7) is 5.16. The number of hydrogen-bond acceptors (Lipinski definition) is 5. The van der Waals surface area contributed by atoms with Crippen molar-refractivity contribution in [2.45, 2.75) is 26.0 Å². The fourth-order valence-electron chi connectivity index (χ4n) is 2.88. The van der Waals surface area contributed by atoms with Crippen LogP contribution in [0, 0.1) is 0 Å². The quantitative estimate of drug-likeness (QED) is 0.384. The molecule has 0 radical (unpaired) electrons. The number of rotatable bonds is 8. The molecule has 3 rings (SSSR count). The summed E-state index contributed by atoms with van der Waals surface area (Å²) in [6, 6.07) is 9.63. The number of aryl methyl sites for hydroxylation is 1. The smallest absolute Gasteiger partial charge is 0.191 e. The van der Waals surface area contributed by atoms with Crippen LogP contribution in [0.15, 0.2) is 53.9 Å². The number of hydrogen-bond donors (Lipinski definition) is 3. The molecule has 0 aliphatic heterocycles. The highest BCUT2D eigenvalue weighted by molar-refractivity contribution is 5.79. The van der Waals surface area contributed by atoms with Crippen LogP contribution in [0.25, 0.3) is 5.69 Å². The zero-order valence-electron chi connectivity index (χ0n) is 17.8. The van der Waals surface area contributed by atoms with Crippen LogP contribution in [0.3, 0.4) is 0 Å². The number of ether oxygens (including phenoxy) is 1. The number of aromatic nitrogens is 4. The van der Waals surface area contributed by atoms with Crippen LogP contribution < -0.4 is 15.4 Å². The van der Waals surface area contributed by atoms with E-state index < -0.39 is 5.60 Å². The van der Waals surface area contributed by atoms with Gasteiger partial charge in [0, 0.05) is 31.5 Å². The van der Waals surface area contributed by atoms with Gasteiger partial charge in [-0.05, 0) is 44.2 Å². The van der Waals surface area contributed by atoms with Crippen molar-refractivity contribution in [3.8, 4) is 11.4 Å². The van der Waals surface area contributed by atoms with Gasteiger partial charge in [0.25, 0.3) is 0 Å². The lowest BCUT2D eigenvalue weighted by molar-refractivity contribution is 0.0616. The Balaban J connectivity index is 1.63. The van der Waals surface area contributed by atoms with Gasteiger partial charge in [-0.2, -0.15) is 10.2 Å². The first-order chi connectivity index (χ1) is 14.4. The minimum absolute atomic E-state index is 0.296. The van der Waals surface area contributed by atoms with E-state index in [9.17, 15) is 5.11 Å². The number of benzene rings is 1. The van der Waals surface area contributed by atoms with E-state index in [4.69, 9.17) is 4.74 Å². The molecule has 0 amide bonds. The maximum atomic E-state index is 10.7. The zero-order chi connectivity index (χ0) is 21.6. The molecular formula is C21H29N7O2. The number of aliphatic hydroxyl groups is 1. The predicted octanol–water partition coefficient (Wildman–Crippen LogP) is 1.58. The molecule has 1 aromatic carbocycles. The summed E-state index contributed by atoms with van der Waals surface area (Å²) in [5, 5.41) is 25.8. The predicted molar refractivity (Wildman–Crippen MR) is 116 cm³/mol. The molecule has 0 saturated heterocycles. The molecule has 1 atom stereocenters. The highest BCUT2D eigenvalue weighted by atomic mass is 16.5. The van der Waals surface area contributed by atoms with Crippen LogP contribution in [0.5, 0.6) is 5.75 Å². The van der Waals surface area contributed by atoms with Gasteiger partial charge >= 0.3 is 0 Å². The lowest BCUT2D eigenvalue weighted by Gasteiger charge is -2.23. The van der Waals surface area contributed by atoms with Gasteiger partial charge in [-0.25, -0.2) is 9.67 Å². The normalized spacial score (nSPS) is 13.7. The zero-order valence-corrected chi connectivity index (χ0v) is 17.8. The molecule has 0 aliphatic rings. The van der Waals surface area contributed by atoms with E-state index in [0.29, 0.717) is 25.6 Å². The molecular weight excluding hydrogens is 382 g/mol. The first-order valence-electron chi connectivity index (χ1n) is 9.84. The van der Waals surface area contributed by atoms with E-state index in [0.717, 1.165) is 22.7 Å². The van der Waals surface area contributed by atoms with E-state index in [1.54, 1.807) is 35.8 Å². The van der Waals surface area contributed by atoms with Crippen LogP contribution >= 0.6 is 0 Å². The molecule has 3 aromatic rings. The van der Waals surface area contributed by atoms with Crippen LogP contribution in [0.2, 0.25) is 0 Å². The summed E-state index contributed by atoms with van der Waals surface area (Å²) in [7, 11) is 3.47. The van der Waals surface area contributed by atoms with Gasteiger partial charge in [0.1, 0.15) is 11.4 Å². The number of nitrogens with one attached hydrogen (secondary N) is 2. The van der Waals surface area contributed by atoms with Crippen LogP contribution in [0.1, 0.15) is 25.1 Å². The Morgan fingerprint density at radius 2 is 2.00 bits per heavy atom. The molecule has 0 saturated carbocycles. The molecule has 2 heterocycles. The largest absolute Gasteiger partial charge is 0.497 e. The number of nitrogens with zero attached hydrogens (tertiary/aromatic N) is 5. The number of guanidine groups is 1. The van der Waals surface area contributed by atoms with Crippen molar-refractivity contribution in [1.29, 1.82) is 0 Å². The average molecular weight is 412 g/mol. The molecule has 0 aliphatic carbocycles. The van der Waals surface area contributed by atoms with E-state index in [1.165, 1.54) is 0 Å². The van der Waals surface area contributed by atoms with Crippen molar-refractivity contribution in [1.82, 2.24) is 30.2 Å². The molecule has 0 spiro atoms. The van der Waals surface area contributed by atoms with Gasteiger partial charge in [-0.15, -0.1) is 0 Å². The second kappa shape index (κ2) is 9.45. The van der Waals surface area contributed by atoms with Gasteiger partial charge in [0.05, 0.1) is 37.8 Å². The second-order valence-corrected chi connectivity index (χ2v) is 7.17. The Hall–Kier alpha value is -3.33. The summed E-state index contributed by atoms with van der Waals surface area (Å²) in [5.41, 5.74) is 1.46. The summed E-state index contributed by atoms with van der Waals surface area (Å²) >= 11 is 0. The van der Waals surface area contributed by atoms with Gasteiger partial charge < -0.3 is 20.5 Å². The molecule has 0 fully saturated rings. The molecule has 1 unspecified atom stereocenters. The third kappa shape index (κ3) is 5.38. The van der Waals surface area contributed by atoms with E-state index in [2.05, 4.69) is 25.8 Å². The molecule has 30 heavy (non-hydrogen) atoms. The van der Waals surface area contributed by atoms with Crippen molar-refractivity contribution in [3.63, 3.8) is 0 Å². The van der Waals surface area contributed by atoms with Gasteiger partial charge in [-0.1, -0.05) is 0 Å². The maximum Gasteiger partial charge on any atom is 0.191 e. The van der Waals surface area contributed by atoms with E-state index in [-0.39, 0.29) is 0 Å². The highest BCUT2D eigenvalue weighted by Crippen LogP contribution is 2.18. The Morgan fingerprint density at radius 3 is 2.63 bits per heavy atom. The van der Waals surface area contributed by atoms with Crippen molar-refractivity contribution < 1.29 is 9.84 Å². The maximum absolute atomic E-state index is 10.7. The Bertz CT molecular complexity index is 973. The Labute approximate surface area is 176 Å². The SMILES string of the molecule is CCNC(=NCc1ccn(-c2ccc(OC)cc2)n1)NCC(C)(O)c1cnn(C)c1. The molecule has 3 N–H and O–H groups in total. The summed E-state index contributed by atoms with van der Waals surface area (Å²) in [5.74, 6) is 1.42. The minimum atomic E-state index is -1.07. The van der Waals surface area contributed by atoms with Crippen LogP contribution in [-0.4, -0.2) is 50.8 Å². The highest BCUT2D eigenvalue weighted by Gasteiger charge is 2.25. The standard InChI is InChI=1S/C21H29N7O2/c1-5-22-20(24-15-21(2,29)16-12-25-27(3)14-16)23-13-17-10-11-28(26-17)18-6-8-19(30-4)9-7-18/h6-12,14,29H,5,13,15H2,1-4H3,(H2,22,23,24). The fourth-order valence-corrected chi connectivity index (χ4v) is 2.88. The lowest BCUT2D eigenvalue weighted by atomic mass is 10.00.